The molecule has 0 radical (unpaired) electrons. The van der Waals surface area contributed by atoms with Crippen LogP contribution >= 0.6 is 11.3 Å². The third kappa shape index (κ3) is 4.94. The first-order valence-electron chi connectivity index (χ1n) is 21.1. The van der Waals surface area contributed by atoms with Gasteiger partial charge in [-0.15, -0.1) is 11.3 Å². The van der Waals surface area contributed by atoms with Gasteiger partial charge in [0.05, 0.1) is 5.41 Å². The van der Waals surface area contributed by atoms with Crippen molar-refractivity contribution >= 4 is 59.3 Å². The summed E-state index contributed by atoms with van der Waals surface area (Å²) in [6.07, 6.45) is 0. The molecule has 1 atom stereocenters. The van der Waals surface area contributed by atoms with E-state index in [1.54, 1.807) is 0 Å². The molecular weight excluding hydrogens is 755 g/mol. The SMILES string of the molecule is c1ccc(-c2ccc(N(c3ccc4c(c3)C3(c5ccccc5-4)c4ccccc4-c4ccc(-c5ccccc5)c5cccc3c45)c3ccc4c(c3)sc3ccccc34)cc2)cc1. The highest BCUT2D eigenvalue weighted by atomic mass is 32.1. The van der Waals surface area contributed by atoms with E-state index in [9.17, 15) is 0 Å². The number of thiophene rings is 1. The highest BCUT2D eigenvalue weighted by Crippen LogP contribution is 2.63. The number of rotatable bonds is 5. The van der Waals surface area contributed by atoms with Gasteiger partial charge in [-0.05, 0) is 120 Å². The summed E-state index contributed by atoms with van der Waals surface area (Å²) in [5.41, 5.74) is 18.2. The van der Waals surface area contributed by atoms with Gasteiger partial charge in [0.15, 0.2) is 0 Å². The first kappa shape index (κ1) is 34.4. The number of fused-ring (bicyclic) bond motifs is 12. The van der Waals surface area contributed by atoms with Crippen molar-refractivity contribution in [3.63, 3.8) is 0 Å². The van der Waals surface area contributed by atoms with Crippen LogP contribution in [-0.4, -0.2) is 0 Å². The molecule has 1 spiro atoms. The summed E-state index contributed by atoms with van der Waals surface area (Å²) < 4.78 is 2.60. The monoisotopic (exact) mass is 791 g/mol. The Kier molecular flexibility index (Phi) is 7.46. The van der Waals surface area contributed by atoms with E-state index in [4.69, 9.17) is 0 Å². The zero-order chi connectivity index (χ0) is 40.1. The van der Waals surface area contributed by atoms with Gasteiger partial charge in [-0.3, -0.25) is 0 Å². The predicted octanol–water partition coefficient (Wildman–Crippen LogP) is 16.4. The number of hydrogen-bond acceptors (Lipinski definition) is 2. The maximum absolute atomic E-state index is 2.51. The van der Waals surface area contributed by atoms with Crippen molar-refractivity contribution in [1.29, 1.82) is 0 Å². The number of benzene rings is 10. The molecular formula is C59H37NS. The van der Waals surface area contributed by atoms with Crippen LogP contribution in [0.15, 0.2) is 224 Å². The molecule has 0 aliphatic heterocycles. The van der Waals surface area contributed by atoms with Crippen molar-refractivity contribution in [1.82, 2.24) is 0 Å². The van der Waals surface area contributed by atoms with Crippen molar-refractivity contribution in [3.05, 3.63) is 247 Å². The molecule has 2 aliphatic rings. The smallest absolute Gasteiger partial charge is 0.0726 e. The number of hydrogen-bond donors (Lipinski definition) is 0. The van der Waals surface area contributed by atoms with Crippen LogP contribution in [0, 0.1) is 0 Å². The molecule has 1 aromatic heterocycles. The van der Waals surface area contributed by atoms with Gasteiger partial charge in [0, 0.05) is 37.2 Å². The lowest BCUT2D eigenvalue weighted by atomic mass is 9.61. The minimum Gasteiger partial charge on any atom is -0.310 e. The third-order valence-electron chi connectivity index (χ3n) is 13.3. The second-order valence-electron chi connectivity index (χ2n) is 16.4. The van der Waals surface area contributed by atoms with Crippen molar-refractivity contribution in [2.75, 3.05) is 4.90 Å². The van der Waals surface area contributed by atoms with E-state index < -0.39 is 5.41 Å². The molecule has 1 nitrogen and oxygen atoms in total. The van der Waals surface area contributed by atoms with Crippen LogP contribution in [0.3, 0.4) is 0 Å². The van der Waals surface area contributed by atoms with Gasteiger partial charge in [-0.25, -0.2) is 0 Å². The Morgan fingerprint density at radius 3 is 1.61 bits per heavy atom. The summed E-state index contributed by atoms with van der Waals surface area (Å²) in [5, 5.41) is 5.23. The van der Waals surface area contributed by atoms with Gasteiger partial charge in [-0.2, -0.15) is 0 Å². The fraction of sp³-hybridized carbons (Fsp3) is 0.0169. The van der Waals surface area contributed by atoms with Crippen molar-refractivity contribution < 1.29 is 0 Å². The zero-order valence-electron chi connectivity index (χ0n) is 33.2. The summed E-state index contributed by atoms with van der Waals surface area (Å²) in [7, 11) is 0. The first-order chi connectivity index (χ1) is 30.3. The van der Waals surface area contributed by atoms with Crippen molar-refractivity contribution in [3.8, 4) is 44.5 Å². The lowest BCUT2D eigenvalue weighted by molar-refractivity contribution is 0.773. The molecule has 284 valence electrons. The van der Waals surface area contributed by atoms with Gasteiger partial charge in [0.25, 0.3) is 0 Å². The molecule has 0 saturated carbocycles. The highest BCUT2D eigenvalue weighted by Gasteiger charge is 2.50. The number of anilines is 3. The van der Waals surface area contributed by atoms with Crippen LogP contribution in [0.5, 0.6) is 0 Å². The summed E-state index contributed by atoms with van der Waals surface area (Å²) in [6.45, 7) is 0. The van der Waals surface area contributed by atoms with Crippen LogP contribution < -0.4 is 4.90 Å². The minimum atomic E-state index is -0.543. The fourth-order valence-corrected chi connectivity index (χ4v) is 11.9. The minimum absolute atomic E-state index is 0.543. The molecule has 0 saturated heterocycles. The van der Waals surface area contributed by atoms with Gasteiger partial charge in [0.2, 0.25) is 0 Å². The molecule has 10 aromatic carbocycles. The maximum Gasteiger partial charge on any atom is 0.0726 e. The molecule has 11 aromatic rings. The molecule has 13 rings (SSSR count). The van der Waals surface area contributed by atoms with Crippen LogP contribution in [0.1, 0.15) is 22.3 Å². The average Bonchev–Trinajstić information content (AvgIpc) is 3.85. The van der Waals surface area contributed by atoms with Gasteiger partial charge in [0.1, 0.15) is 0 Å². The van der Waals surface area contributed by atoms with E-state index in [1.807, 2.05) is 11.3 Å². The topological polar surface area (TPSA) is 3.24 Å². The molecule has 0 amide bonds. The van der Waals surface area contributed by atoms with Gasteiger partial charge < -0.3 is 4.90 Å². The van der Waals surface area contributed by atoms with E-state index in [1.165, 1.54) is 97.7 Å². The summed E-state index contributed by atoms with van der Waals surface area (Å²) >= 11 is 1.87. The average molecular weight is 792 g/mol. The lowest BCUT2D eigenvalue weighted by Crippen LogP contribution is -2.32. The van der Waals surface area contributed by atoms with Crippen molar-refractivity contribution in [2.45, 2.75) is 5.41 Å². The Bertz CT molecular complexity index is 3530. The first-order valence-corrected chi connectivity index (χ1v) is 21.9. The van der Waals surface area contributed by atoms with Crippen molar-refractivity contribution in [2.24, 2.45) is 0 Å². The van der Waals surface area contributed by atoms with E-state index in [2.05, 4.69) is 229 Å². The summed E-state index contributed by atoms with van der Waals surface area (Å²) in [4.78, 5) is 2.46. The van der Waals surface area contributed by atoms with Gasteiger partial charge >= 0.3 is 0 Å². The fourth-order valence-electron chi connectivity index (χ4n) is 10.7. The normalized spacial score (nSPS) is 14.6. The van der Waals surface area contributed by atoms with E-state index in [-0.39, 0.29) is 0 Å². The van der Waals surface area contributed by atoms with Crippen LogP contribution in [0.2, 0.25) is 0 Å². The van der Waals surface area contributed by atoms with E-state index >= 15 is 0 Å². The predicted molar refractivity (Wildman–Crippen MR) is 259 cm³/mol. The second-order valence-corrected chi connectivity index (χ2v) is 17.4. The lowest BCUT2D eigenvalue weighted by Gasteiger charge is -2.40. The highest BCUT2D eigenvalue weighted by molar-refractivity contribution is 7.25. The molecule has 0 N–H and O–H groups in total. The van der Waals surface area contributed by atoms with Crippen LogP contribution in [0.25, 0.3) is 75.5 Å². The Morgan fingerprint density at radius 1 is 0.295 bits per heavy atom. The second kappa shape index (κ2) is 13.2. The van der Waals surface area contributed by atoms with E-state index in [0.717, 1.165) is 17.1 Å². The van der Waals surface area contributed by atoms with Crippen LogP contribution in [-0.2, 0) is 5.41 Å². The Balaban J connectivity index is 1.08. The quantitative estimate of drug-likeness (QED) is 0.168. The third-order valence-corrected chi connectivity index (χ3v) is 14.4. The van der Waals surface area contributed by atoms with Gasteiger partial charge in [-0.1, -0.05) is 182 Å². The molecule has 61 heavy (non-hydrogen) atoms. The van der Waals surface area contributed by atoms with E-state index in [0.29, 0.717) is 0 Å². The van der Waals surface area contributed by atoms with Crippen LogP contribution in [0.4, 0.5) is 17.1 Å². The molecule has 2 aliphatic carbocycles. The standard InChI is InChI=1S/C59H37NS/c1-3-14-38(15-4-1)39-26-28-41(29-27-39)60(43-31-33-49-48-20-9-12-25-56(48)61-57(49)37-43)42-30-32-47-45-18-7-10-22-52(45)59(55(47)36-42)53-23-11-8-19-46(53)51-35-34-44(40-16-5-2-6-17-40)50-21-13-24-54(59)58(50)51/h1-37H. The summed E-state index contributed by atoms with van der Waals surface area (Å²) in [5.74, 6) is 0. The molecule has 1 heterocycles. The Morgan fingerprint density at radius 2 is 0.820 bits per heavy atom. The molecule has 2 heteroatoms. The Labute approximate surface area is 359 Å². The Hall–Kier alpha value is -7.52. The molecule has 0 fully saturated rings. The summed E-state index contributed by atoms with van der Waals surface area (Å²) in [6, 6.07) is 83.7. The number of nitrogens with zero attached hydrogens (tertiary/aromatic N) is 1. The zero-order valence-corrected chi connectivity index (χ0v) is 34.0. The maximum atomic E-state index is 2.51. The molecule has 1 unspecified atom stereocenters. The largest absolute Gasteiger partial charge is 0.310 e. The molecule has 0 bridgehead atoms.